The molecule has 0 fully saturated rings. The highest BCUT2D eigenvalue weighted by atomic mass is 79.9. The summed E-state index contributed by atoms with van der Waals surface area (Å²) in [4.78, 5) is 9.05. The molecule has 0 radical (unpaired) electrons. The minimum Gasteiger partial charge on any atom is -0.455 e. The Morgan fingerprint density at radius 3 is 2.57 bits per heavy atom. The zero-order valence-corrected chi connectivity index (χ0v) is 17.1. The van der Waals surface area contributed by atoms with Gasteiger partial charge in [0, 0.05) is 15.6 Å². The average molecular weight is 461 g/mol. The fraction of sp³-hybridized carbons (Fsp3) is 0. The van der Waals surface area contributed by atoms with Crippen LogP contribution < -0.4 is 0 Å². The van der Waals surface area contributed by atoms with Crippen molar-refractivity contribution in [3.05, 3.63) is 94.9 Å². The molecule has 5 aromatic rings. The van der Waals surface area contributed by atoms with Crippen molar-refractivity contribution in [2.75, 3.05) is 0 Å². The Morgan fingerprint density at radius 2 is 1.73 bits per heavy atom. The molecule has 146 valence electrons. The van der Waals surface area contributed by atoms with Gasteiger partial charge in [-0.2, -0.15) is 0 Å². The third-order valence-electron chi connectivity index (χ3n) is 4.54. The van der Waals surface area contributed by atoms with Crippen molar-refractivity contribution in [3.63, 3.8) is 0 Å². The molecule has 0 spiro atoms. The molecule has 0 amide bonds. The molecule has 0 saturated carbocycles. The van der Waals surface area contributed by atoms with Crippen molar-refractivity contribution in [1.29, 1.82) is 0 Å². The van der Waals surface area contributed by atoms with Crippen LogP contribution >= 0.6 is 15.9 Å². The molecule has 0 aliphatic rings. The van der Waals surface area contributed by atoms with Gasteiger partial charge in [-0.15, -0.1) is 0 Å². The van der Waals surface area contributed by atoms with E-state index >= 15 is 0 Å². The van der Waals surface area contributed by atoms with Gasteiger partial charge in [0.15, 0.2) is 5.58 Å². The minimum atomic E-state index is -0.279. The number of nitrogens with zero attached hydrogens (tertiary/aromatic N) is 2. The molecular formula is C24H14BrFN2O2. The van der Waals surface area contributed by atoms with E-state index in [1.54, 1.807) is 18.3 Å². The van der Waals surface area contributed by atoms with Crippen LogP contribution in [0.1, 0.15) is 5.76 Å². The van der Waals surface area contributed by atoms with Gasteiger partial charge in [-0.1, -0.05) is 22.0 Å². The highest BCUT2D eigenvalue weighted by Gasteiger charge is 2.09. The molecule has 30 heavy (non-hydrogen) atoms. The molecule has 5 rings (SSSR count). The van der Waals surface area contributed by atoms with Crippen LogP contribution in [0.2, 0.25) is 0 Å². The van der Waals surface area contributed by atoms with Gasteiger partial charge in [0.2, 0.25) is 5.89 Å². The summed E-state index contributed by atoms with van der Waals surface area (Å²) in [6, 6.07) is 23.2. The number of fused-ring (bicyclic) bond motifs is 1. The highest BCUT2D eigenvalue weighted by Crippen LogP contribution is 2.29. The van der Waals surface area contributed by atoms with Crippen molar-refractivity contribution in [2.45, 2.75) is 0 Å². The first kappa shape index (κ1) is 18.5. The summed E-state index contributed by atoms with van der Waals surface area (Å²) in [6.07, 6.45) is 1.64. The first-order valence-corrected chi connectivity index (χ1v) is 10.00. The summed E-state index contributed by atoms with van der Waals surface area (Å²) in [6.45, 7) is 0. The standard InChI is InChI=1S/C24H14BrFN2O2/c25-17-3-1-2-16(12-17)24-28-21-13-19(8-10-23(21)30-24)27-14-20-9-11-22(29-20)15-4-6-18(26)7-5-15/h1-14H. The first-order valence-electron chi connectivity index (χ1n) is 9.20. The Balaban J connectivity index is 1.39. The van der Waals surface area contributed by atoms with E-state index in [2.05, 4.69) is 25.9 Å². The minimum absolute atomic E-state index is 0.279. The monoisotopic (exact) mass is 460 g/mol. The Morgan fingerprint density at radius 1 is 0.867 bits per heavy atom. The van der Waals surface area contributed by atoms with Crippen LogP contribution in [0, 0.1) is 5.82 Å². The van der Waals surface area contributed by atoms with E-state index in [4.69, 9.17) is 8.83 Å². The topological polar surface area (TPSA) is 51.5 Å². The smallest absolute Gasteiger partial charge is 0.227 e. The summed E-state index contributed by atoms with van der Waals surface area (Å²) in [5.74, 6) is 1.53. The third kappa shape index (κ3) is 3.82. The number of hydrogen-bond acceptors (Lipinski definition) is 4. The second kappa shape index (κ2) is 7.72. The van der Waals surface area contributed by atoms with Crippen LogP contribution in [-0.4, -0.2) is 11.2 Å². The lowest BCUT2D eigenvalue weighted by molar-refractivity contribution is 0.574. The normalized spacial score (nSPS) is 11.5. The SMILES string of the molecule is Fc1ccc(-c2ccc(C=Nc3ccc4oc(-c5cccc(Br)c5)nc4c3)o2)cc1. The van der Waals surface area contributed by atoms with E-state index in [-0.39, 0.29) is 5.82 Å². The zero-order valence-electron chi connectivity index (χ0n) is 15.5. The van der Waals surface area contributed by atoms with Crippen molar-refractivity contribution in [1.82, 2.24) is 4.98 Å². The predicted molar refractivity (Wildman–Crippen MR) is 119 cm³/mol. The van der Waals surface area contributed by atoms with Crippen LogP contribution in [0.15, 0.2) is 97.2 Å². The Hall–Kier alpha value is -3.51. The van der Waals surface area contributed by atoms with Gasteiger partial charge in [0.1, 0.15) is 22.9 Å². The highest BCUT2D eigenvalue weighted by molar-refractivity contribution is 9.10. The lowest BCUT2D eigenvalue weighted by Crippen LogP contribution is -1.77. The summed E-state index contributed by atoms with van der Waals surface area (Å²) in [5.41, 5.74) is 3.86. The quantitative estimate of drug-likeness (QED) is 0.262. The molecule has 0 saturated heterocycles. The predicted octanol–water partition coefficient (Wildman–Crippen LogP) is 7.41. The maximum Gasteiger partial charge on any atom is 0.227 e. The van der Waals surface area contributed by atoms with E-state index in [1.165, 1.54) is 12.1 Å². The Labute approximate surface area is 179 Å². The van der Waals surface area contributed by atoms with E-state index in [9.17, 15) is 4.39 Å². The molecule has 0 aliphatic carbocycles. The summed E-state index contributed by atoms with van der Waals surface area (Å²) >= 11 is 3.46. The molecule has 4 nitrogen and oxygen atoms in total. The number of halogens is 2. The molecular weight excluding hydrogens is 447 g/mol. The number of benzene rings is 3. The molecule has 0 bridgehead atoms. The lowest BCUT2D eigenvalue weighted by atomic mass is 10.2. The van der Waals surface area contributed by atoms with Gasteiger partial charge in [-0.3, -0.25) is 4.99 Å². The van der Waals surface area contributed by atoms with E-state index < -0.39 is 0 Å². The van der Waals surface area contributed by atoms with Gasteiger partial charge in [0.25, 0.3) is 0 Å². The molecule has 0 unspecified atom stereocenters. The van der Waals surface area contributed by atoms with Crippen LogP contribution in [0.4, 0.5) is 10.1 Å². The van der Waals surface area contributed by atoms with Crippen LogP contribution in [0.5, 0.6) is 0 Å². The Bertz CT molecular complexity index is 1370. The van der Waals surface area contributed by atoms with Crippen molar-refractivity contribution in [3.8, 4) is 22.8 Å². The largest absolute Gasteiger partial charge is 0.455 e. The van der Waals surface area contributed by atoms with E-state index in [0.717, 1.165) is 26.8 Å². The lowest BCUT2D eigenvalue weighted by Gasteiger charge is -1.96. The van der Waals surface area contributed by atoms with Gasteiger partial charge in [0.05, 0.1) is 11.9 Å². The average Bonchev–Trinajstić information content (AvgIpc) is 3.39. The molecule has 0 atom stereocenters. The number of rotatable bonds is 4. The second-order valence-corrected chi connectivity index (χ2v) is 7.56. The Kier molecular flexibility index (Phi) is 4.77. The molecule has 0 aliphatic heterocycles. The maximum atomic E-state index is 13.1. The number of oxazole rings is 1. The fourth-order valence-electron chi connectivity index (χ4n) is 3.07. The van der Waals surface area contributed by atoms with Crippen molar-refractivity contribution in [2.24, 2.45) is 4.99 Å². The van der Waals surface area contributed by atoms with Gasteiger partial charge >= 0.3 is 0 Å². The second-order valence-electron chi connectivity index (χ2n) is 6.65. The summed E-state index contributed by atoms with van der Waals surface area (Å²) in [7, 11) is 0. The zero-order chi connectivity index (χ0) is 20.5. The van der Waals surface area contributed by atoms with Crippen molar-refractivity contribution < 1.29 is 13.2 Å². The number of furan rings is 1. The van der Waals surface area contributed by atoms with Crippen molar-refractivity contribution >= 4 is 38.9 Å². The van der Waals surface area contributed by atoms with E-state index in [0.29, 0.717) is 23.0 Å². The molecule has 2 heterocycles. The maximum absolute atomic E-state index is 13.1. The van der Waals surface area contributed by atoms with Gasteiger partial charge in [-0.25, -0.2) is 9.37 Å². The fourth-order valence-corrected chi connectivity index (χ4v) is 3.47. The molecule has 2 aromatic heterocycles. The van der Waals surface area contributed by atoms with Crippen LogP contribution in [0.3, 0.4) is 0 Å². The third-order valence-corrected chi connectivity index (χ3v) is 5.03. The number of aromatic nitrogens is 1. The number of aliphatic imine (C=N–C) groups is 1. The van der Waals surface area contributed by atoms with E-state index in [1.807, 2.05) is 54.6 Å². The molecule has 6 heteroatoms. The van der Waals surface area contributed by atoms with Gasteiger partial charge < -0.3 is 8.83 Å². The molecule has 0 N–H and O–H groups in total. The molecule has 3 aromatic carbocycles. The van der Waals surface area contributed by atoms with Crippen LogP contribution in [0.25, 0.3) is 33.9 Å². The van der Waals surface area contributed by atoms with Crippen LogP contribution in [-0.2, 0) is 0 Å². The summed E-state index contributed by atoms with van der Waals surface area (Å²) in [5, 5.41) is 0. The first-order chi connectivity index (χ1) is 14.6. The number of hydrogen-bond donors (Lipinski definition) is 0. The summed E-state index contributed by atoms with van der Waals surface area (Å²) < 4.78 is 25.7. The van der Waals surface area contributed by atoms with Gasteiger partial charge in [-0.05, 0) is 72.8 Å².